The molecule has 0 amide bonds. The molecule has 0 aliphatic carbocycles. The zero-order valence-corrected chi connectivity index (χ0v) is 28.0. The van der Waals surface area contributed by atoms with Crippen LogP contribution in [0.1, 0.15) is 53.6 Å². The maximum Gasteiger partial charge on any atom is 0.264 e. The SMILES string of the molecule is COc1ccc([C@@H]2CC([C@H]3CC[C@@H](c4ccc(OC)cc4)N3S(=O)(=O)c3ccc(C)cc3)=CN2S(=O)(=O)c2ccc(C)cc2)cc1. The van der Waals surface area contributed by atoms with Crippen LogP contribution in [0, 0.1) is 13.8 Å². The average Bonchev–Trinajstić information content (AvgIpc) is 3.72. The second kappa shape index (κ2) is 12.6. The summed E-state index contributed by atoms with van der Waals surface area (Å²) in [4.78, 5) is 0.388. The van der Waals surface area contributed by atoms with Crippen LogP contribution >= 0.6 is 0 Å². The summed E-state index contributed by atoms with van der Waals surface area (Å²) in [6.45, 7) is 3.83. The minimum Gasteiger partial charge on any atom is -0.497 e. The maximum absolute atomic E-state index is 14.5. The molecule has 8 nitrogen and oxygen atoms in total. The van der Waals surface area contributed by atoms with Crippen LogP contribution in [0.5, 0.6) is 11.5 Å². The summed E-state index contributed by atoms with van der Waals surface area (Å²) in [5.41, 5.74) is 4.31. The number of sulfonamides is 2. The number of hydrogen-bond donors (Lipinski definition) is 0. The van der Waals surface area contributed by atoms with E-state index < -0.39 is 38.2 Å². The van der Waals surface area contributed by atoms with E-state index in [1.165, 1.54) is 4.31 Å². The standard InChI is InChI=1S/C36H38N2O6S2/c1-25-5-17-32(18-6-25)45(39,40)37-24-29(23-36(37)28-11-15-31(44-4)16-12-28)35-22-21-34(27-9-13-30(43-3)14-10-27)38(35)46(41,42)33-19-7-26(2)8-20-33/h5-20,24,34-36H,21-23H2,1-4H3/t34-,35+,36-/m0/s1. The summed E-state index contributed by atoms with van der Waals surface area (Å²) in [7, 11) is -4.77. The normalized spacial score (nSPS) is 20.5. The number of benzene rings is 4. The van der Waals surface area contributed by atoms with E-state index in [4.69, 9.17) is 9.47 Å². The molecule has 4 aromatic carbocycles. The quantitative estimate of drug-likeness (QED) is 0.194. The van der Waals surface area contributed by atoms with Crippen LogP contribution in [0.25, 0.3) is 0 Å². The lowest BCUT2D eigenvalue weighted by Gasteiger charge is -2.30. The van der Waals surface area contributed by atoms with Crippen LogP contribution in [0.2, 0.25) is 0 Å². The molecule has 0 radical (unpaired) electrons. The van der Waals surface area contributed by atoms with Gasteiger partial charge in [-0.1, -0.05) is 59.7 Å². The van der Waals surface area contributed by atoms with Gasteiger partial charge in [-0.3, -0.25) is 4.31 Å². The molecule has 2 heterocycles. The highest BCUT2D eigenvalue weighted by Crippen LogP contribution is 2.48. The molecular formula is C36H38N2O6S2. The minimum atomic E-state index is -3.98. The van der Waals surface area contributed by atoms with Crippen molar-refractivity contribution in [3.05, 3.63) is 131 Å². The second-order valence-electron chi connectivity index (χ2n) is 11.9. The molecule has 4 aromatic rings. The molecular weight excluding hydrogens is 621 g/mol. The summed E-state index contributed by atoms with van der Waals surface area (Å²) in [5.74, 6) is 1.35. The third kappa shape index (κ3) is 5.92. The van der Waals surface area contributed by atoms with E-state index in [2.05, 4.69) is 0 Å². The molecule has 6 rings (SSSR count). The van der Waals surface area contributed by atoms with Gasteiger partial charge in [0.2, 0.25) is 10.0 Å². The molecule has 1 fully saturated rings. The lowest BCUT2D eigenvalue weighted by molar-refractivity contribution is 0.345. The van der Waals surface area contributed by atoms with Crippen molar-refractivity contribution in [3.8, 4) is 11.5 Å². The van der Waals surface area contributed by atoms with Crippen LogP contribution < -0.4 is 9.47 Å². The van der Waals surface area contributed by atoms with Gasteiger partial charge in [-0.25, -0.2) is 16.8 Å². The van der Waals surface area contributed by atoms with Gasteiger partial charge in [0, 0.05) is 12.2 Å². The second-order valence-corrected chi connectivity index (χ2v) is 15.6. The molecule has 46 heavy (non-hydrogen) atoms. The van der Waals surface area contributed by atoms with Gasteiger partial charge < -0.3 is 9.47 Å². The first-order valence-electron chi connectivity index (χ1n) is 15.2. The third-order valence-corrected chi connectivity index (χ3v) is 12.7. The number of rotatable bonds is 9. The lowest BCUT2D eigenvalue weighted by Crippen LogP contribution is -2.38. The first kappa shape index (κ1) is 31.8. The van der Waals surface area contributed by atoms with E-state index in [1.54, 1.807) is 73.3 Å². The molecule has 2 aliphatic heterocycles. The van der Waals surface area contributed by atoms with Crippen LogP contribution in [0.15, 0.2) is 119 Å². The first-order valence-corrected chi connectivity index (χ1v) is 18.1. The molecule has 0 spiro atoms. The Kier molecular flexibility index (Phi) is 8.71. The van der Waals surface area contributed by atoms with Crippen LogP contribution in [0.4, 0.5) is 0 Å². The molecule has 2 aliphatic rings. The Morgan fingerprint density at radius 2 is 1.00 bits per heavy atom. The van der Waals surface area contributed by atoms with Gasteiger partial charge in [0.25, 0.3) is 10.0 Å². The molecule has 0 unspecified atom stereocenters. The summed E-state index contributed by atoms with van der Waals surface area (Å²) < 4.78 is 71.1. The lowest BCUT2D eigenvalue weighted by atomic mass is 9.97. The topological polar surface area (TPSA) is 93.2 Å². The van der Waals surface area contributed by atoms with Gasteiger partial charge in [-0.2, -0.15) is 4.31 Å². The fourth-order valence-corrected chi connectivity index (χ4v) is 9.83. The molecule has 1 saturated heterocycles. The van der Waals surface area contributed by atoms with Gasteiger partial charge in [-0.15, -0.1) is 0 Å². The van der Waals surface area contributed by atoms with Crippen molar-refractivity contribution in [2.24, 2.45) is 0 Å². The molecule has 0 aromatic heterocycles. The van der Waals surface area contributed by atoms with E-state index in [0.29, 0.717) is 30.8 Å². The van der Waals surface area contributed by atoms with Crippen LogP contribution in [0.3, 0.4) is 0 Å². The van der Waals surface area contributed by atoms with E-state index in [0.717, 1.165) is 27.8 Å². The molecule has 3 atom stereocenters. The molecule has 0 N–H and O–H groups in total. The van der Waals surface area contributed by atoms with E-state index in [9.17, 15) is 16.8 Å². The Morgan fingerprint density at radius 3 is 1.48 bits per heavy atom. The number of methoxy groups -OCH3 is 2. The molecule has 10 heteroatoms. The first-order chi connectivity index (χ1) is 22.0. The van der Waals surface area contributed by atoms with Crippen molar-refractivity contribution in [3.63, 3.8) is 0 Å². The highest BCUT2D eigenvalue weighted by atomic mass is 32.2. The minimum absolute atomic E-state index is 0.181. The van der Waals surface area contributed by atoms with Crippen LogP contribution in [-0.2, 0) is 20.0 Å². The fraction of sp³-hybridized carbons (Fsp3) is 0.278. The summed E-state index contributed by atoms with van der Waals surface area (Å²) >= 11 is 0. The Balaban J connectivity index is 1.45. The van der Waals surface area contributed by atoms with Crippen LogP contribution in [-0.4, -0.2) is 45.7 Å². The average molecular weight is 659 g/mol. The predicted octanol–water partition coefficient (Wildman–Crippen LogP) is 6.93. The highest BCUT2D eigenvalue weighted by molar-refractivity contribution is 7.89. The Bertz CT molecular complexity index is 1940. The number of aryl methyl sites for hydroxylation is 2. The molecule has 0 saturated carbocycles. The Hall–Kier alpha value is -4.12. The van der Waals surface area contributed by atoms with E-state index in [1.807, 2.05) is 62.4 Å². The molecule has 240 valence electrons. The summed E-state index contributed by atoms with van der Waals surface area (Å²) in [6, 6.07) is 27.0. The van der Waals surface area contributed by atoms with Crippen molar-refractivity contribution in [2.75, 3.05) is 14.2 Å². The van der Waals surface area contributed by atoms with Crippen molar-refractivity contribution >= 4 is 20.0 Å². The Labute approximate surface area is 272 Å². The van der Waals surface area contributed by atoms with Crippen molar-refractivity contribution in [2.45, 2.75) is 61.0 Å². The number of nitrogens with zero attached hydrogens (tertiary/aromatic N) is 2. The van der Waals surface area contributed by atoms with E-state index >= 15 is 0 Å². The van der Waals surface area contributed by atoms with Crippen molar-refractivity contribution in [1.29, 1.82) is 0 Å². The zero-order valence-electron chi connectivity index (χ0n) is 26.3. The summed E-state index contributed by atoms with van der Waals surface area (Å²) in [6.07, 6.45) is 3.14. The zero-order chi connectivity index (χ0) is 32.6. The highest BCUT2D eigenvalue weighted by Gasteiger charge is 2.47. The smallest absolute Gasteiger partial charge is 0.264 e. The van der Waals surface area contributed by atoms with Gasteiger partial charge in [-0.05, 0) is 98.3 Å². The monoisotopic (exact) mass is 658 g/mol. The molecule has 0 bridgehead atoms. The maximum atomic E-state index is 14.5. The largest absolute Gasteiger partial charge is 0.497 e. The van der Waals surface area contributed by atoms with Gasteiger partial charge in [0.15, 0.2) is 0 Å². The van der Waals surface area contributed by atoms with Crippen molar-refractivity contribution in [1.82, 2.24) is 8.61 Å². The fourth-order valence-electron chi connectivity index (χ4n) is 6.44. The van der Waals surface area contributed by atoms with Crippen molar-refractivity contribution < 1.29 is 26.3 Å². The Morgan fingerprint density at radius 1 is 0.565 bits per heavy atom. The third-order valence-electron chi connectivity index (χ3n) is 8.98. The van der Waals surface area contributed by atoms with Gasteiger partial charge >= 0.3 is 0 Å². The number of ether oxygens (including phenoxy) is 2. The van der Waals surface area contributed by atoms with Gasteiger partial charge in [0.1, 0.15) is 11.5 Å². The number of hydrogen-bond acceptors (Lipinski definition) is 6. The van der Waals surface area contributed by atoms with Gasteiger partial charge in [0.05, 0.1) is 36.1 Å². The van der Waals surface area contributed by atoms with E-state index in [-0.39, 0.29) is 9.79 Å². The summed E-state index contributed by atoms with van der Waals surface area (Å²) in [5, 5.41) is 0. The predicted molar refractivity (Wildman–Crippen MR) is 178 cm³/mol.